The molecule has 1 aliphatic rings. The van der Waals surface area contributed by atoms with Gasteiger partial charge in [0.1, 0.15) is 5.60 Å². The van der Waals surface area contributed by atoms with Gasteiger partial charge in [-0.3, -0.25) is 4.90 Å². The Morgan fingerprint density at radius 2 is 1.78 bits per heavy atom. The van der Waals surface area contributed by atoms with Gasteiger partial charge >= 0.3 is 6.09 Å². The van der Waals surface area contributed by atoms with E-state index in [0.29, 0.717) is 6.54 Å². The molecule has 2 atom stereocenters. The molecule has 1 fully saturated rings. The molecule has 2 N–H and O–H groups in total. The van der Waals surface area contributed by atoms with Crippen molar-refractivity contribution in [2.24, 2.45) is 5.73 Å². The molecule has 1 saturated heterocycles. The molecule has 6 heteroatoms. The fourth-order valence-corrected chi connectivity index (χ4v) is 3.70. The second-order valence-electron chi connectivity index (χ2n) is 8.82. The van der Waals surface area contributed by atoms with E-state index in [-0.39, 0.29) is 23.3 Å². The van der Waals surface area contributed by atoms with Gasteiger partial charge in [-0.15, -0.1) is 0 Å². The normalized spacial score (nSPS) is 23.6. The van der Waals surface area contributed by atoms with Crippen molar-refractivity contribution in [3.63, 3.8) is 0 Å². The van der Waals surface area contributed by atoms with E-state index in [9.17, 15) is 4.79 Å². The van der Waals surface area contributed by atoms with E-state index in [1.54, 1.807) is 4.90 Å². The van der Waals surface area contributed by atoms with Gasteiger partial charge in [0.25, 0.3) is 0 Å². The topological polar surface area (TPSA) is 64.8 Å². The molecule has 1 rings (SSSR count). The Hall–Kier alpha value is -1.01. The number of carbonyl (C=O) groups is 1. The van der Waals surface area contributed by atoms with Crippen molar-refractivity contribution < 1.29 is 14.0 Å². The molecule has 0 unspecified atom stereocenters. The maximum absolute atomic E-state index is 12.4. The first kappa shape index (κ1) is 20.0. The van der Waals surface area contributed by atoms with E-state index in [2.05, 4.69) is 33.9 Å². The van der Waals surface area contributed by atoms with Gasteiger partial charge in [0, 0.05) is 6.54 Å². The number of nitrogens with two attached hydrogens (primary N) is 1. The summed E-state index contributed by atoms with van der Waals surface area (Å²) in [6, 6.07) is -0.0652. The van der Waals surface area contributed by atoms with Crippen LogP contribution in [0, 0.1) is 0 Å². The molecule has 0 aromatic heterocycles. The highest BCUT2D eigenvalue weighted by molar-refractivity contribution is 6.74. The molecule has 0 saturated carbocycles. The zero-order valence-electron chi connectivity index (χ0n) is 16.0. The highest BCUT2D eigenvalue weighted by atomic mass is 28.4. The lowest BCUT2D eigenvalue weighted by molar-refractivity contribution is 0.0237. The van der Waals surface area contributed by atoms with Crippen molar-refractivity contribution in [2.75, 3.05) is 6.54 Å². The lowest BCUT2D eigenvalue weighted by atomic mass is 10.2. The predicted octanol–water partition coefficient (Wildman–Crippen LogP) is 3.86. The molecule has 0 aliphatic carbocycles. The number of hydrogen-bond acceptors (Lipinski definition) is 4. The highest BCUT2D eigenvalue weighted by Gasteiger charge is 2.43. The third-order valence-corrected chi connectivity index (χ3v) is 9.07. The number of nitrogens with zero attached hydrogens (tertiary/aromatic N) is 1. The fraction of sp³-hybridized carbons (Fsp3) is 0.824. The molecule has 0 spiro atoms. The summed E-state index contributed by atoms with van der Waals surface area (Å²) >= 11 is 0. The lowest BCUT2D eigenvalue weighted by Gasteiger charge is -2.38. The maximum Gasteiger partial charge on any atom is 0.410 e. The Labute approximate surface area is 142 Å². The number of hydrogen-bond donors (Lipinski definition) is 1. The third-order valence-electron chi connectivity index (χ3n) is 4.53. The fourth-order valence-electron chi connectivity index (χ4n) is 2.35. The van der Waals surface area contributed by atoms with E-state index >= 15 is 0 Å². The Morgan fingerprint density at radius 3 is 2.22 bits per heavy atom. The maximum atomic E-state index is 12.4. The van der Waals surface area contributed by atoms with Crippen LogP contribution in [0.5, 0.6) is 0 Å². The third kappa shape index (κ3) is 5.53. The molecule has 1 amide bonds. The zero-order valence-corrected chi connectivity index (χ0v) is 17.0. The number of rotatable bonds is 3. The van der Waals surface area contributed by atoms with Crippen LogP contribution in [0.15, 0.2) is 12.3 Å². The van der Waals surface area contributed by atoms with Crippen LogP contribution in [0.25, 0.3) is 0 Å². The number of likely N-dealkylation sites (tertiary alicyclic amines) is 1. The van der Waals surface area contributed by atoms with Crippen LogP contribution in [0.3, 0.4) is 0 Å². The number of ether oxygens (including phenoxy) is 1. The van der Waals surface area contributed by atoms with E-state index in [1.165, 1.54) is 6.20 Å². The molecule has 0 aromatic carbocycles. The van der Waals surface area contributed by atoms with Gasteiger partial charge in [0.05, 0.1) is 12.1 Å². The van der Waals surface area contributed by atoms with Gasteiger partial charge in [-0.05, 0) is 57.6 Å². The summed E-state index contributed by atoms with van der Waals surface area (Å²) in [6.45, 7) is 17.3. The Bertz CT molecular complexity index is 450. The predicted molar refractivity (Wildman–Crippen MR) is 96.7 cm³/mol. The minimum absolute atomic E-state index is 0.0320. The molecule has 1 heterocycles. The smallest absolute Gasteiger partial charge is 0.410 e. The number of amides is 1. The van der Waals surface area contributed by atoms with Crippen molar-refractivity contribution in [3.05, 3.63) is 12.3 Å². The lowest BCUT2D eigenvalue weighted by Crippen LogP contribution is -2.45. The first-order chi connectivity index (χ1) is 10.3. The summed E-state index contributed by atoms with van der Waals surface area (Å²) in [6.07, 6.45) is 3.83. The van der Waals surface area contributed by atoms with E-state index in [4.69, 9.17) is 14.9 Å². The largest absolute Gasteiger partial charge is 0.444 e. The molecule has 23 heavy (non-hydrogen) atoms. The average Bonchev–Trinajstić information content (AvgIpc) is 2.68. The minimum atomic E-state index is -1.87. The Morgan fingerprint density at radius 1 is 1.22 bits per heavy atom. The van der Waals surface area contributed by atoms with Gasteiger partial charge in [0.2, 0.25) is 0 Å². The van der Waals surface area contributed by atoms with E-state index in [1.807, 2.05) is 26.8 Å². The van der Waals surface area contributed by atoms with Crippen LogP contribution in [-0.4, -0.2) is 43.6 Å². The molecular formula is C17H34N2O3Si. The van der Waals surface area contributed by atoms with E-state index in [0.717, 1.165) is 6.42 Å². The average molecular weight is 343 g/mol. The van der Waals surface area contributed by atoms with Gasteiger partial charge in [-0.25, -0.2) is 4.79 Å². The van der Waals surface area contributed by atoms with Crippen LogP contribution in [0.1, 0.15) is 48.0 Å². The second kappa shape index (κ2) is 6.85. The molecule has 134 valence electrons. The van der Waals surface area contributed by atoms with Crippen molar-refractivity contribution >= 4 is 14.4 Å². The van der Waals surface area contributed by atoms with Crippen molar-refractivity contribution in [1.82, 2.24) is 4.90 Å². The second-order valence-corrected chi connectivity index (χ2v) is 13.6. The summed E-state index contributed by atoms with van der Waals surface area (Å²) in [4.78, 5) is 14.2. The van der Waals surface area contributed by atoms with Gasteiger partial charge < -0.3 is 14.9 Å². The minimum Gasteiger partial charge on any atom is -0.444 e. The van der Waals surface area contributed by atoms with Gasteiger partial charge in [0.15, 0.2) is 8.32 Å². The van der Waals surface area contributed by atoms with Crippen LogP contribution < -0.4 is 5.73 Å². The summed E-state index contributed by atoms with van der Waals surface area (Å²) in [5.41, 5.74) is 5.04. The standard InChI is InChI=1S/C17H34N2O3Si/c1-16(2,3)21-15(20)19-12-14(11-13(19)9-10-18)22-23(7,8)17(4,5)6/h9-10,13-14H,11-12,18H2,1-8H3/b10-9+/t13-,14-/m1/s1. The SMILES string of the molecule is CC(C)(C)OC(=O)N1C[C@H](O[Si](C)(C)C(C)(C)C)C[C@H]1/C=C/N. The zero-order chi connectivity index (χ0) is 18.1. The Balaban J connectivity index is 2.84. The summed E-state index contributed by atoms with van der Waals surface area (Å²) < 4.78 is 12.0. The summed E-state index contributed by atoms with van der Waals surface area (Å²) in [7, 11) is -1.87. The first-order valence-electron chi connectivity index (χ1n) is 8.32. The quantitative estimate of drug-likeness (QED) is 0.791. The molecule has 0 aromatic rings. The monoisotopic (exact) mass is 342 g/mol. The highest BCUT2D eigenvalue weighted by Crippen LogP contribution is 2.39. The summed E-state index contributed by atoms with van der Waals surface area (Å²) in [5, 5.41) is 0.144. The van der Waals surface area contributed by atoms with Crippen molar-refractivity contribution in [3.8, 4) is 0 Å². The molecule has 0 radical (unpaired) electrons. The van der Waals surface area contributed by atoms with Crippen molar-refractivity contribution in [2.45, 2.75) is 83.8 Å². The van der Waals surface area contributed by atoms with Crippen LogP contribution in [-0.2, 0) is 9.16 Å². The van der Waals surface area contributed by atoms with Crippen molar-refractivity contribution in [1.29, 1.82) is 0 Å². The van der Waals surface area contributed by atoms with Crippen LogP contribution >= 0.6 is 0 Å². The van der Waals surface area contributed by atoms with Gasteiger partial charge in [-0.2, -0.15) is 0 Å². The molecule has 1 aliphatic heterocycles. The molecule has 5 nitrogen and oxygen atoms in total. The first-order valence-corrected chi connectivity index (χ1v) is 11.2. The van der Waals surface area contributed by atoms with Gasteiger partial charge in [-0.1, -0.05) is 20.8 Å². The number of carbonyl (C=O) groups excluding carboxylic acids is 1. The molecular weight excluding hydrogens is 308 g/mol. The Kier molecular flexibility index (Phi) is 5.97. The summed E-state index contributed by atoms with van der Waals surface area (Å²) in [5.74, 6) is 0. The van der Waals surface area contributed by atoms with Crippen LogP contribution in [0.2, 0.25) is 18.1 Å². The van der Waals surface area contributed by atoms with E-state index < -0.39 is 13.9 Å². The molecule has 0 bridgehead atoms. The van der Waals surface area contributed by atoms with Crippen LogP contribution in [0.4, 0.5) is 4.79 Å².